The lowest BCUT2D eigenvalue weighted by Crippen LogP contribution is -2.31. The Labute approximate surface area is 134 Å². The molecule has 2 heterocycles. The zero-order chi connectivity index (χ0) is 16.1. The molecule has 0 amide bonds. The first-order valence-corrected chi connectivity index (χ1v) is 7.66. The molecule has 0 bridgehead atoms. The van der Waals surface area contributed by atoms with E-state index in [0.717, 1.165) is 31.6 Å². The van der Waals surface area contributed by atoms with E-state index >= 15 is 0 Å². The average molecular weight is 313 g/mol. The molecule has 7 heteroatoms. The Balaban J connectivity index is 1.71. The highest BCUT2D eigenvalue weighted by atomic mass is 16.5. The maximum Gasteiger partial charge on any atom is 0.337 e. The van der Waals surface area contributed by atoms with Crippen molar-refractivity contribution in [3.8, 4) is 0 Å². The van der Waals surface area contributed by atoms with Gasteiger partial charge in [-0.2, -0.15) is 10.1 Å². The largest absolute Gasteiger partial charge is 0.465 e. The van der Waals surface area contributed by atoms with Crippen LogP contribution in [0.3, 0.4) is 0 Å². The van der Waals surface area contributed by atoms with Crippen LogP contribution in [0.5, 0.6) is 0 Å². The zero-order valence-electron chi connectivity index (χ0n) is 13.0. The molecular weight excluding hydrogens is 294 g/mol. The van der Waals surface area contributed by atoms with Crippen LogP contribution in [-0.2, 0) is 4.74 Å². The van der Waals surface area contributed by atoms with Gasteiger partial charge in [-0.05, 0) is 43.5 Å². The monoisotopic (exact) mass is 313 g/mol. The van der Waals surface area contributed by atoms with Gasteiger partial charge in [0.25, 0.3) is 0 Å². The number of carbonyl (C=O) groups is 1. The fraction of sp³-hybridized carbons (Fsp3) is 0.375. The van der Waals surface area contributed by atoms with Crippen molar-refractivity contribution in [3.05, 3.63) is 36.0 Å². The number of anilines is 3. The van der Waals surface area contributed by atoms with Crippen molar-refractivity contribution in [2.75, 3.05) is 30.4 Å². The van der Waals surface area contributed by atoms with E-state index in [1.807, 2.05) is 0 Å². The van der Waals surface area contributed by atoms with E-state index in [1.165, 1.54) is 13.5 Å². The predicted molar refractivity (Wildman–Crippen MR) is 87.0 cm³/mol. The van der Waals surface area contributed by atoms with E-state index in [4.69, 9.17) is 0 Å². The molecule has 2 aromatic rings. The van der Waals surface area contributed by atoms with Crippen LogP contribution in [0, 0.1) is 0 Å². The number of hydrogen-bond acceptors (Lipinski definition) is 7. The molecular formula is C16H19N5O2. The van der Waals surface area contributed by atoms with Crippen LogP contribution in [0.4, 0.5) is 17.5 Å². The SMILES string of the molecule is COC(=O)c1ccc(Nc2cnnc(N3CCCCC3)n2)cc1. The number of piperidine rings is 1. The lowest BCUT2D eigenvalue weighted by atomic mass is 10.1. The van der Waals surface area contributed by atoms with Gasteiger partial charge in [0.1, 0.15) is 0 Å². The van der Waals surface area contributed by atoms with Gasteiger partial charge in [0.15, 0.2) is 5.82 Å². The van der Waals surface area contributed by atoms with E-state index in [0.29, 0.717) is 17.3 Å². The second-order valence-corrected chi connectivity index (χ2v) is 5.38. The fourth-order valence-electron chi connectivity index (χ4n) is 2.54. The van der Waals surface area contributed by atoms with E-state index in [-0.39, 0.29) is 5.97 Å². The van der Waals surface area contributed by atoms with Crippen LogP contribution in [0.15, 0.2) is 30.5 Å². The Morgan fingerprint density at radius 1 is 1.17 bits per heavy atom. The highest BCUT2D eigenvalue weighted by Crippen LogP contribution is 2.19. The summed E-state index contributed by atoms with van der Waals surface area (Å²) >= 11 is 0. The van der Waals surface area contributed by atoms with E-state index in [1.54, 1.807) is 30.5 Å². The quantitative estimate of drug-likeness (QED) is 0.868. The molecule has 0 unspecified atom stereocenters. The number of benzene rings is 1. The van der Waals surface area contributed by atoms with Gasteiger partial charge in [-0.3, -0.25) is 0 Å². The van der Waals surface area contributed by atoms with Crippen LogP contribution >= 0.6 is 0 Å². The van der Waals surface area contributed by atoms with E-state index in [2.05, 4.69) is 30.1 Å². The number of methoxy groups -OCH3 is 1. The summed E-state index contributed by atoms with van der Waals surface area (Å²) < 4.78 is 4.68. The molecule has 120 valence electrons. The number of carbonyl (C=O) groups excluding carboxylic acids is 1. The summed E-state index contributed by atoms with van der Waals surface area (Å²) in [5.74, 6) is 0.930. The number of nitrogens with zero attached hydrogens (tertiary/aromatic N) is 4. The molecule has 0 saturated carbocycles. The second kappa shape index (κ2) is 7.04. The summed E-state index contributed by atoms with van der Waals surface area (Å²) in [7, 11) is 1.36. The van der Waals surface area contributed by atoms with Gasteiger partial charge in [-0.1, -0.05) is 0 Å². The van der Waals surface area contributed by atoms with Crippen molar-refractivity contribution >= 4 is 23.4 Å². The highest BCUT2D eigenvalue weighted by molar-refractivity contribution is 5.89. The van der Waals surface area contributed by atoms with Gasteiger partial charge in [-0.15, -0.1) is 5.10 Å². The second-order valence-electron chi connectivity index (χ2n) is 5.38. The van der Waals surface area contributed by atoms with Gasteiger partial charge in [0, 0.05) is 18.8 Å². The summed E-state index contributed by atoms with van der Waals surface area (Å²) in [4.78, 5) is 18.1. The Morgan fingerprint density at radius 2 is 1.91 bits per heavy atom. The Kier molecular flexibility index (Phi) is 4.65. The number of hydrogen-bond donors (Lipinski definition) is 1. The van der Waals surface area contributed by atoms with Crippen LogP contribution in [0.2, 0.25) is 0 Å². The Bertz CT molecular complexity index is 668. The molecule has 1 aliphatic rings. The van der Waals surface area contributed by atoms with E-state index in [9.17, 15) is 4.79 Å². The maximum absolute atomic E-state index is 11.4. The lowest BCUT2D eigenvalue weighted by molar-refractivity contribution is 0.0601. The fourth-order valence-corrected chi connectivity index (χ4v) is 2.54. The zero-order valence-corrected chi connectivity index (χ0v) is 13.0. The normalized spacial score (nSPS) is 14.4. The van der Waals surface area contributed by atoms with Gasteiger partial charge in [0.05, 0.1) is 18.9 Å². The molecule has 0 spiro atoms. The van der Waals surface area contributed by atoms with Crippen molar-refractivity contribution in [1.29, 1.82) is 0 Å². The third-order valence-electron chi connectivity index (χ3n) is 3.76. The molecule has 23 heavy (non-hydrogen) atoms. The van der Waals surface area contributed by atoms with Crippen molar-refractivity contribution in [3.63, 3.8) is 0 Å². The molecule has 0 atom stereocenters. The number of nitrogens with one attached hydrogen (secondary N) is 1. The molecule has 1 aromatic heterocycles. The van der Waals surface area contributed by atoms with E-state index < -0.39 is 0 Å². The first-order valence-electron chi connectivity index (χ1n) is 7.66. The molecule has 0 radical (unpaired) electrons. The Morgan fingerprint density at radius 3 is 2.61 bits per heavy atom. The highest BCUT2D eigenvalue weighted by Gasteiger charge is 2.14. The van der Waals surface area contributed by atoms with Crippen molar-refractivity contribution in [2.24, 2.45) is 0 Å². The first kappa shape index (κ1) is 15.2. The predicted octanol–water partition coefficient (Wildman–Crippen LogP) is 2.39. The smallest absolute Gasteiger partial charge is 0.337 e. The first-order chi connectivity index (χ1) is 11.3. The van der Waals surface area contributed by atoms with Crippen LogP contribution < -0.4 is 10.2 Å². The summed E-state index contributed by atoms with van der Waals surface area (Å²) in [5, 5.41) is 11.3. The maximum atomic E-state index is 11.4. The molecule has 3 rings (SSSR count). The van der Waals surface area contributed by atoms with Crippen molar-refractivity contribution < 1.29 is 9.53 Å². The van der Waals surface area contributed by atoms with Gasteiger partial charge in [-0.25, -0.2) is 4.79 Å². The van der Waals surface area contributed by atoms with Gasteiger partial charge in [0.2, 0.25) is 5.95 Å². The Hall–Kier alpha value is -2.70. The molecule has 1 saturated heterocycles. The third kappa shape index (κ3) is 3.74. The minimum atomic E-state index is -0.354. The minimum Gasteiger partial charge on any atom is -0.465 e. The summed E-state index contributed by atoms with van der Waals surface area (Å²) in [5.41, 5.74) is 1.33. The van der Waals surface area contributed by atoms with Crippen molar-refractivity contribution in [1.82, 2.24) is 15.2 Å². The van der Waals surface area contributed by atoms with Gasteiger partial charge >= 0.3 is 5.97 Å². The molecule has 1 aromatic carbocycles. The molecule has 1 fully saturated rings. The molecule has 1 aliphatic heterocycles. The van der Waals surface area contributed by atoms with Crippen LogP contribution in [-0.4, -0.2) is 41.3 Å². The topological polar surface area (TPSA) is 80.2 Å². The summed E-state index contributed by atoms with van der Waals surface area (Å²) in [6, 6.07) is 7.01. The van der Waals surface area contributed by atoms with Crippen molar-refractivity contribution in [2.45, 2.75) is 19.3 Å². The number of aromatic nitrogens is 3. The summed E-state index contributed by atoms with van der Waals surface area (Å²) in [6.07, 6.45) is 5.17. The number of esters is 1. The average Bonchev–Trinajstić information content (AvgIpc) is 2.63. The molecule has 0 aliphatic carbocycles. The standard InChI is InChI=1S/C16H19N5O2/c1-23-15(22)12-5-7-13(8-6-12)18-14-11-17-20-16(19-14)21-9-3-2-4-10-21/h5-8,11H,2-4,9-10H2,1H3,(H,18,19,20). The number of rotatable bonds is 4. The lowest BCUT2D eigenvalue weighted by Gasteiger charge is -2.26. The minimum absolute atomic E-state index is 0.354. The molecule has 7 nitrogen and oxygen atoms in total. The van der Waals surface area contributed by atoms with Crippen LogP contribution in [0.1, 0.15) is 29.6 Å². The summed E-state index contributed by atoms with van der Waals surface area (Å²) in [6.45, 7) is 1.94. The number of ether oxygens (including phenoxy) is 1. The third-order valence-corrected chi connectivity index (χ3v) is 3.76. The van der Waals surface area contributed by atoms with Crippen LogP contribution in [0.25, 0.3) is 0 Å². The van der Waals surface area contributed by atoms with Gasteiger partial charge < -0.3 is 15.0 Å². The molecule has 1 N–H and O–H groups in total.